The molecule has 0 aliphatic heterocycles. The second kappa shape index (κ2) is 7.94. The van der Waals surface area contributed by atoms with Gasteiger partial charge in [-0.3, -0.25) is 0 Å². The highest BCUT2D eigenvalue weighted by molar-refractivity contribution is 4.58. The van der Waals surface area contributed by atoms with Crippen molar-refractivity contribution in [2.75, 3.05) is 32.7 Å². The molecule has 0 rings (SSSR count). The van der Waals surface area contributed by atoms with E-state index in [1.807, 2.05) is 6.92 Å². The Hall–Kier alpha value is -0.160. The van der Waals surface area contributed by atoms with Crippen LogP contribution < -0.4 is 22.1 Å². The molecule has 0 unspecified atom stereocenters. The molecular formula is C7H20N4. The fourth-order valence-electron chi connectivity index (χ4n) is 0.734. The first-order valence-electron chi connectivity index (χ1n) is 4.14. The van der Waals surface area contributed by atoms with Crippen LogP contribution in [0.4, 0.5) is 0 Å². The van der Waals surface area contributed by atoms with Crippen LogP contribution in [0.15, 0.2) is 0 Å². The van der Waals surface area contributed by atoms with E-state index < -0.39 is 0 Å². The van der Waals surface area contributed by atoms with Gasteiger partial charge in [0.25, 0.3) is 0 Å². The molecule has 0 aliphatic carbocycles. The molecule has 0 aromatic heterocycles. The van der Waals surface area contributed by atoms with Crippen LogP contribution in [0.25, 0.3) is 0 Å². The predicted molar refractivity (Wildman–Crippen MR) is 48.4 cm³/mol. The molecule has 11 heavy (non-hydrogen) atoms. The third kappa shape index (κ3) is 9.84. The lowest BCUT2D eigenvalue weighted by Crippen LogP contribution is -2.36. The van der Waals surface area contributed by atoms with Crippen molar-refractivity contribution in [3.63, 3.8) is 0 Å². The summed E-state index contributed by atoms with van der Waals surface area (Å²) >= 11 is 0. The quantitative estimate of drug-likeness (QED) is 0.341. The van der Waals surface area contributed by atoms with E-state index in [0.29, 0.717) is 6.54 Å². The van der Waals surface area contributed by atoms with Crippen LogP contribution in [0.5, 0.6) is 0 Å². The molecule has 68 valence electrons. The molecule has 0 heterocycles. The zero-order valence-electron chi connectivity index (χ0n) is 7.27. The highest BCUT2D eigenvalue weighted by atomic mass is 15.0. The van der Waals surface area contributed by atoms with Gasteiger partial charge in [0, 0.05) is 38.8 Å². The largest absolute Gasteiger partial charge is 0.329 e. The van der Waals surface area contributed by atoms with Gasteiger partial charge in [0.15, 0.2) is 0 Å². The van der Waals surface area contributed by atoms with Crippen molar-refractivity contribution < 1.29 is 0 Å². The number of nitrogens with one attached hydrogen (secondary N) is 2. The number of hydrogen-bond acceptors (Lipinski definition) is 4. The molecule has 0 radical (unpaired) electrons. The molecule has 1 atom stereocenters. The Labute approximate surface area is 68.7 Å². The lowest BCUT2D eigenvalue weighted by atomic mass is 10.3. The van der Waals surface area contributed by atoms with Gasteiger partial charge in [-0.25, -0.2) is 0 Å². The first-order valence-corrected chi connectivity index (χ1v) is 4.14. The summed E-state index contributed by atoms with van der Waals surface area (Å²) < 4.78 is 0. The average molecular weight is 160 g/mol. The minimum absolute atomic E-state index is 0.240. The van der Waals surface area contributed by atoms with Gasteiger partial charge in [-0.1, -0.05) is 0 Å². The van der Waals surface area contributed by atoms with Crippen LogP contribution in [0.1, 0.15) is 6.92 Å². The van der Waals surface area contributed by atoms with Gasteiger partial charge in [0.2, 0.25) is 0 Å². The number of hydrogen-bond donors (Lipinski definition) is 4. The number of nitrogens with two attached hydrogens (primary N) is 2. The van der Waals surface area contributed by atoms with Crippen molar-refractivity contribution in [1.29, 1.82) is 0 Å². The van der Waals surface area contributed by atoms with Gasteiger partial charge in [0.05, 0.1) is 0 Å². The molecule has 0 spiro atoms. The van der Waals surface area contributed by atoms with Gasteiger partial charge in [-0.2, -0.15) is 0 Å². The van der Waals surface area contributed by atoms with Crippen molar-refractivity contribution in [3.05, 3.63) is 0 Å². The zero-order chi connectivity index (χ0) is 8.53. The molecule has 0 amide bonds. The minimum Gasteiger partial charge on any atom is -0.329 e. The standard InChI is InChI=1S/C7H20N4/c1-7(9)6-11-5-4-10-3-2-8/h7,10-11H,2-6,8-9H2,1H3/t7-/m0/s1. The summed E-state index contributed by atoms with van der Waals surface area (Å²) in [4.78, 5) is 0. The van der Waals surface area contributed by atoms with E-state index in [1.165, 1.54) is 0 Å². The van der Waals surface area contributed by atoms with Gasteiger partial charge in [0.1, 0.15) is 0 Å². The van der Waals surface area contributed by atoms with E-state index in [0.717, 1.165) is 26.2 Å². The Bertz CT molecular complexity index is 74.8. The SMILES string of the molecule is C[C@H](N)CNCCNCCN. The molecule has 0 aromatic carbocycles. The molecule has 0 bridgehead atoms. The molecule has 0 fully saturated rings. The second-order valence-electron chi connectivity index (χ2n) is 2.72. The smallest absolute Gasteiger partial charge is 0.0136 e. The monoisotopic (exact) mass is 160 g/mol. The Balaban J connectivity index is 2.80. The van der Waals surface area contributed by atoms with Crippen molar-refractivity contribution in [2.24, 2.45) is 11.5 Å². The van der Waals surface area contributed by atoms with Gasteiger partial charge in [-0.15, -0.1) is 0 Å². The topological polar surface area (TPSA) is 76.1 Å². The Kier molecular flexibility index (Phi) is 7.83. The fourth-order valence-corrected chi connectivity index (χ4v) is 0.734. The van der Waals surface area contributed by atoms with E-state index in [4.69, 9.17) is 11.5 Å². The summed E-state index contributed by atoms with van der Waals surface area (Å²) in [5.74, 6) is 0. The third-order valence-electron chi connectivity index (χ3n) is 1.27. The molecule has 6 N–H and O–H groups in total. The maximum Gasteiger partial charge on any atom is 0.0136 e. The molecule has 0 saturated heterocycles. The Morgan fingerprint density at radius 1 is 1.18 bits per heavy atom. The van der Waals surface area contributed by atoms with Crippen molar-refractivity contribution in [3.8, 4) is 0 Å². The first-order chi connectivity index (χ1) is 5.27. The Morgan fingerprint density at radius 3 is 2.36 bits per heavy atom. The van der Waals surface area contributed by atoms with Gasteiger partial charge in [-0.05, 0) is 6.92 Å². The van der Waals surface area contributed by atoms with Crippen LogP contribution in [-0.4, -0.2) is 38.8 Å². The van der Waals surface area contributed by atoms with Gasteiger partial charge >= 0.3 is 0 Å². The van der Waals surface area contributed by atoms with Crippen LogP contribution in [0, 0.1) is 0 Å². The molecular weight excluding hydrogens is 140 g/mol. The van der Waals surface area contributed by atoms with Crippen LogP contribution >= 0.6 is 0 Å². The summed E-state index contributed by atoms with van der Waals surface area (Å²) in [6.45, 7) is 6.38. The van der Waals surface area contributed by atoms with E-state index in [2.05, 4.69) is 10.6 Å². The first kappa shape index (κ1) is 10.8. The highest BCUT2D eigenvalue weighted by Gasteiger charge is 1.90. The normalized spacial score (nSPS) is 13.4. The minimum atomic E-state index is 0.240. The average Bonchev–Trinajstić information content (AvgIpc) is 1.96. The summed E-state index contributed by atoms with van der Waals surface area (Å²) in [5, 5.41) is 6.40. The van der Waals surface area contributed by atoms with Crippen LogP contribution in [0.2, 0.25) is 0 Å². The maximum atomic E-state index is 5.53. The molecule has 4 nitrogen and oxygen atoms in total. The second-order valence-corrected chi connectivity index (χ2v) is 2.72. The van der Waals surface area contributed by atoms with Crippen molar-refractivity contribution >= 4 is 0 Å². The summed E-state index contributed by atoms with van der Waals surface area (Å²) in [6.07, 6.45) is 0. The summed E-state index contributed by atoms with van der Waals surface area (Å²) in [7, 11) is 0. The van der Waals surface area contributed by atoms with E-state index in [-0.39, 0.29) is 6.04 Å². The molecule has 0 aliphatic rings. The molecule has 0 aromatic rings. The zero-order valence-corrected chi connectivity index (χ0v) is 7.27. The van der Waals surface area contributed by atoms with Crippen molar-refractivity contribution in [2.45, 2.75) is 13.0 Å². The highest BCUT2D eigenvalue weighted by Crippen LogP contribution is 1.68. The Morgan fingerprint density at radius 2 is 1.82 bits per heavy atom. The van der Waals surface area contributed by atoms with Crippen molar-refractivity contribution in [1.82, 2.24) is 10.6 Å². The number of rotatable bonds is 7. The predicted octanol–water partition coefficient (Wildman–Crippen LogP) is -1.53. The van der Waals surface area contributed by atoms with Gasteiger partial charge < -0.3 is 22.1 Å². The summed E-state index contributed by atoms with van der Waals surface area (Å²) in [5.41, 5.74) is 10.8. The van der Waals surface area contributed by atoms with Crippen LogP contribution in [0.3, 0.4) is 0 Å². The third-order valence-corrected chi connectivity index (χ3v) is 1.27. The van der Waals surface area contributed by atoms with E-state index in [9.17, 15) is 0 Å². The fraction of sp³-hybridized carbons (Fsp3) is 1.00. The molecule has 0 saturated carbocycles. The molecule has 4 heteroatoms. The lowest BCUT2D eigenvalue weighted by Gasteiger charge is -2.07. The van der Waals surface area contributed by atoms with Crippen LogP contribution in [-0.2, 0) is 0 Å². The maximum absolute atomic E-state index is 5.53. The lowest BCUT2D eigenvalue weighted by molar-refractivity contribution is 0.577. The van der Waals surface area contributed by atoms with E-state index >= 15 is 0 Å². The van der Waals surface area contributed by atoms with E-state index in [1.54, 1.807) is 0 Å². The summed E-state index contributed by atoms with van der Waals surface area (Å²) in [6, 6.07) is 0.240.